The topological polar surface area (TPSA) is 52.9 Å². The zero-order valence-electron chi connectivity index (χ0n) is 10.0. The fraction of sp³-hybridized carbons (Fsp3) is 0.385. The van der Waals surface area contributed by atoms with Gasteiger partial charge in [0, 0.05) is 16.9 Å². The lowest BCUT2D eigenvalue weighted by atomic mass is 10.1. The Balaban J connectivity index is 2.48. The zero-order valence-corrected chi connectivity index (χ0v) is 11.6. The van der Waals surface area contributed by atoms with Gasteiger partial charge in [-0.25, -0.2) is 4.39 Å². The predicted molar refractivity (Wildman–Crippen MR) is 70.3 cm³/mol. The molecule has 0 unspecified atom stereocenters. The summed E-state index contributed by atoms with van der Waals surface area (Å²) in [6, 6.07) is 6.24. The highest BCUT2D eigenvalue weighted by atomic mass is 79.9. The number of nitrogens with zero attached hydrogens (tertiary/aromatic N) is 1. The largest absolute Gasteiger partial charge is 0.353 e. The molecule has 0 aliphatic rings. The summed E-state index contributed by atoms with van der Waals surface area (Å²) in [7, 11) is 0. The first-order chi connectivity index (χ1) is 8.52. The highest BCUT2D eigenvalue weighted by Gasteiger charge is 2.09. The Kier molecular flexibility index (Phi) is 5.79. The Morgan fingerprint density at radius 3 is 3.00 bits per heavy atom. The van der Waals surface area contributed by atoms with Crippen molar-refractivity contribution in [2.45, 2.75) is 32.2 Å². The van der Waals surface area contributed by atoms with Crippen LogP contribution in [0.4, 0.5) is 4.39 Å². The molecule has 0 bridgehead atoms. The smallest absolute Gasteiger partial charge is 0.220 e. The van der Waals surface area contributed by atoms with Crippen molar-refractivity contribution in [2.24, 2.45) is 0 Å². The molecule has 0 spiro atoms. The molecule has 0 aliphatic heterocycles. The Morgan fingerprint density at radius 2 is 2.33 bits per heavy atom. The monoisotopic (exact) mass is 312 g/mol. The van der Waals surface area contributed by atoms with Crippen LogP contribution in [0.15, 0.2) is 22.7 Å². The van der Waals surface area contributed by atoms with E-state index in [9.17, 15) is 9.18 Å². The molecule has 5 heteroatoms. The molecule has 1 aromatic carbocycles. The molecule has 0 aromatic heterocycles. The number of nitrogens with one attached hydrogen (secondary N) is 1. The number of amides is 1. The maximum atomic E-state index is 13.0. The molecule has 1 atom stereocenters. The molecular formula is C13H14BrFN2O. The van der Waals surface area contributed by atoms with E-state index in [-0.39, 0.29) is 30.6 Å². The summed E-state index contributed by atoms with van der Waals surface area (Å²) in [4.78, 5) is 11.6. The lowest BCUT2D eigenvalue weighted by Crippen LogP contribution is -2.32. The average molecular weight is 313 g/mol. The number of hydrogen-bond acceptors (Lipinski definition) is 2. The van der Waals surface area contributed by atoms with Gasteiger partial charge in [0.2, 0.25) is 5.91 Å². The predicted octanol–water partition coefficient (Wildman–Crippen LogP) is 2.94. The van der Waals surface area contributed by atoms with Crippen molar-refractivity contribution < 1.29 is 9.18 Å². The van der Waals surface area contributed by atoms with Crippen LogP contribution in [0.2, 0.25) is 0 Å². The van der Waals surface area contributed by atoms with Gasteiger partial charge in [0.15, 0.2) is 0 Å². The van der Waals surface area contributed by atoms with E-state index in [4.69, 9.17) is 5.26 Å². The molecule has 0 saturated heterocycles. The van der Waals surface area contributed by atoms with Gasteiger partial charge in [-0.05, 0) is 37.1 Å². The van der Waals surface area contributed by atoms with Gasteiger partial charge in [-0.3, -0.25) is 4.79 Å². The van der Waals surface area contributed by atoms with E-state index in [1.165, 1.54) is 12.1 Å². The minimum absolute atomic E-state index is 0.131. The van der Waals surface area contributed by atoms with E-state index in [1.807, 2.05) is 6.07 Å². The standard InChI is InChI=1S/C13H14BrFN2O/c1-9(6-7-16)17-13(18)5-2-10-8-11(15)3-4-12(10)14/h3-4,8-9H,2,5-6H2,1H3,(H,17,18)/t9-/m0/s1. The Hall–Kier alpha value is -1.41. The van der Waals surface area contributed by atoms with Crippen molar-refractivity contribution in [1.82, 2.24) is 5.32 Å². The quantitative estimate of drug-likeness (QED) is 0.908. The normalized spacial score (nSPS) is 11.7. The number of hydrogen-bond donors (Lipinski definition) is 1. The number of carbonyl (C=O) groups is 1. The fourth-order valence-corrected chi connectivity index (χ4v) is 1.96. The average Bonchev–Trinajstić information content (AvgIpc) is 2.30. The Labute approximate surface area is 114 Å². The summed E-state index contributed by atoms with van der Waals surface area (Å²) in [5, 5.41) is 11.2. The van der Waals surface area contributed by atoms with Crippen molar-refractivity contribution in [1.29, 1.82) is 5.26 Å². The van der Waals surface area contributed by atoms with Crippen LogP contribution < -0.4 is 5.32 Å². The second kappa shape index (κ2) is 7.12. The summed E-state index contributed by atoms with van der Waals surface area (Å²) < 4.78 is 13.8. The van der Waals surface area contributed by atoms with Gasteiger partial charge >= 0.3 is 0 Å². The number of benzene rings is 1. The lowest BCUT2D eigenvalue weighted by Gasteiger charge is -2.10. The van der Waals surface area contributed by atoms with E-state index in [0.717, 1.165) is 10.0 Å². The molecule has 3 nitrogen and oxygen atoms in total. The first kappa shape index (κ1) is 14.7. The molecule has 0 fully saturated rings. The van der Waals surface area contributed by atoms with Crippen LogP contribution in [-0.2, 0) is 11.2 Å². The van der Waals surface area contributed by atoms with Crippen LogP contribution >= 0.6 is 15.9 Å². The van der Waals surface area contributed by atoms with Crippen LogP contribution in [0.5, 0.6) is 0 Å². The molecule has 0 radical (unpaired) electrons. The minimum Gasteiger partial charge on any atom is -0.353 e. The third-order valence-corrected chi connectivity index (χ3v) is 3.21. The Morgan fingerprint density at radius 1 is 1.61 bits per heavy atom. The SMILES string of the molecule is C[C@@H](CC#N)NC(=O)CCc1cc(F)ccc1Br. The number of carbonyl (C=O) groups excluding carboxylic acids is 1. The highest BCUT2D eigenvalue weighted by Crippen LogP contribution is 2.19. The molecule has 0 saturated carbocycles. The number of nitriles is 1. The zero-order chi connectivity index (χ0) is 13.5. The van der Waals surface area contributed by atoms with Crippen LogP contribution in [0.3, 0.4) is 0 Å². The molecule has 0 aliphatic carbocycles. The van der Waals surface area contributed by atoms with Crippen molar-refractivity contribution in [2.75, 3.05) is 0 Å². The van der Waals surface area contributed by atoms with Crippen molar-refractivity contribution >= 4 is 21.8 Å². The molecule has 1 amide bonds. The second-order valence-corrected chi connectivity index (χ2v) is 4.92. The van der Waals surface area contributed by atoms with E-state index in [2.05, 4.69) is 21.2 Å². The van der Waals surface area contributed by atoms with Crippen molar-refractivity contribution in [3.8, 4) is 6.07 Å². The lowest BCUT2D eigenvalue weighted by molar-refractivity contribution is -0.121. The third kappa shape index (κ3) is 4.84. The van der Waals surface area contributed by atoms with Gasteiger partial charge in [0.25, 0.3) is 0 Å². The number of rotatable bonds is 5. The van der Waals surface area contributed by atoms with E-state index in [0.29, 0.717) is 6.42 Å². The maximum Gasteiger partial charge on any atom is 0.220 e. The highest BCUT2D eigenvalue weighted by molar-refractivity contribution is 9.10. The number of halogens is 2. The Bertz CT molecular complexity index is 471. The molecule has 96 valence electrons. The first-order valence-electron chi connectivity index (χ1n) is 5.63. The summed E-state index contributed by atoms with van der Waals surface area (Å²) in [5.74, 6) is -0.444. The fourth-order valence-electron chi connectivity index (χ4n) is 1.52. The molecule has 0 heterocycles. The van der Waals surface area contributed by atoms with Gasteiger partial charge in [-0.2, -0.15) is 5.26 Å². The van der Waals surface area contributed by atoms with Crippen molar-refractivity contribution in [3.05, 3.63) is 34.1 Å². The van der Waals surface area contributed by atoms with Gasteiger partial charge in [-0.15, -0.1) is 0 Å². The molecule has 1 aromatic rings. The molecular weight excluding hydrogens is 299 g/mol. The van der Waals surface area contributed by atoms with Crippen molar-refractivity contribution in [3.63, 3.8) is 0 Å². The first-order valence-corrected chi connectivity index (χ1v) is 6.42. The number of aryl methyl sites for hydroxylation is 1. The van der Waals surface area contributed by atoms with Gasteiger partial charge < -0.3 is 5.32 Å². The molecule has 18 heavy (non-hydrogen) atoms. The van der Waals surface area contributed by atoms with Crippen LogP contribution in [0, 0.1) is 17.1 Å². The summed E-state index contributed by atoms with van der Waals surface area (Å²) in [5.41, 5.74) is 0.762. The second-order valence-electron chi connectivity index (χ2n) is 4.07. The van der Waals surface area contributed by atoms with E-state index in [1.54, 1.807) is 13.0 Å². The van der Waals surface area contributed by atoms with E-state index < -0.39 is 0 Å². The van der Waals surface area contributed by atoms with Crippen LogP contribution in [-0.4, -0.2) is 11.9 Å². The van der Waals surface area contributed by atoms with Gasteiger partial charge in [-0.1, -0.05) is 15.9 Å². The van der Waals surface area contributed by atoms with Crippen LogP contribution in [0.25, 0.3) is 0 Å². The van der Waals surface area contributed by atoms with Gasteiger partial charge in [0.05, 0.1) is 12.5 Å². The molecule has 1 rings (SSSR count). The third-order valence-electron chi connectivity index (χ3n) is 2.43. The van der Waals surface area contributed by atoms with Crippen LogP contribution in [0.1, 0.15) is 25.3 Å². The maximum absolute atomic E-state index is 13.0. The minimum atomic E-state index is -0.313. The summed E-state index contributed by atoms with van der Waals surface area (Å²) >= 11 is 3.31. The summed E-state index contributed by atoms with van der Waals surface area (Å²) in [6.07, 6.45) is 1.02. The van der Waals surface area contributed by atoms with Gasteiger partial charge in [0.1, 0.15) is 5.82 Å². The summed E-state index contributed by atoms with van der Waals surface area (Å²) in [6.45, 7) is 1.78. The molecule has 1 N–H and O–H groups in total. The van der Waals surface area contributed by atoms with E-state index >= 15 is 0 Å².